The molecule has 0 saturated carbocycles. The minimum Gasteiger partial charge on any atom is -0.493 e. The Hall–Kier alpha value is -1.89. The van der Waals surface area contributed by atoms with Crippen LogP contribution in [0, 0.1) is 0 Å². The van der Waals surface area contributed by atoms with E-state index in [-0.39, 0.29) is 6.04 Å². The van der Waals surface area contributed by atoms with Crippen molar-refractivity contribution in [1.29, 1.82) is 0 Å². The quantitative estimate of drug-likeness (QED) is 0.874. The van der Waals surface area contributed by atoms with E-state index in [2.05, 4.69) is 28.4 Å². The van der Waals surface area contributed by atoms with Crippen LogP contribution >= 0.6 is 11.8 Å². The molecular formula is C15H20N4O2S. The van der Waals surface area contributed by atoms with Crippen molar-refractivity contribution in [2.75, 3.05) is 25.8 Å². The number of nitrogens with zero attached hydrogens (tertiary/aromatic N) is 3. The summed E-state index contributed by atoms with van der Waals surface area (Å²) in [4.78, 5) is 4.52. The Kier molecular flexibility index (Phi) is 4.15. The van der Waals surface area contributed by atoms with E-state index in [1.807, 2.05) is 23.1 Å². The lowest BCUT2D eigenvalue weighted by molar-refractivity contribution is 0.352. The molecule has 1 aliphatic heterocycles. The normalized spacial score (nSPS) is 20.2. The van der Waals surface area contributed by atoms with E-state index in [4.69, 9.17) is 9.47 Å². The van der Waals surface area contributed by atoms with Gasteiger partial charge >= 0.3 is 0 Å². The number of aromatic nitrogens is 3. The maximum Gasteiger partial charge on any atom is 0.222 e. The molecule has 0 fully saturated rings. The number of hydrogen-bond acceptors (Lipinski definition) is 6. The average Bonchev–Trinajstić information content (AvgIpc) is 2.96. The molecule has 0 bridgehead atoms. The van der Waals surface area contributed by atoms with E-state index in [9.17, 15) is 0 Å². The maximum atomic E-state index is 5.42. The van der Waals surface area contributed by atoms with Gasteiger partial charge in [-0.25, -0.2) is 4.68 Å². The Morgan fingerprint density at radius 1 is 1.27 bits per heavy atom. The molecule has 2 atom stereocenters. The maximum absolute atomic E-state index is 5.42. The molecular weight excluding hydrogens is 300 g/mol. The largest absolute Gasteiger partial charge is 0.493 e. The standard InChI is InChI=1S/C15H20N4O2S/c1-9-7-11(19-14(16-9)17-15(18-19)22-4)10-5-6-12(20-2)13(8-10)21-3/h5-6,8-9,11H,7H2,1-4H3,(H,16,17,18)/t9-,11-/m0/s1. The van der Waals surface area contributed by atoms with Gasteiger partial charge in [0.05, 0.1) is 20.3 Å². The lowest BCUT2D eigenvalue weighted by atomic mass is 9.98. The van der Waals surface area contributed by atoms with Gasteiger partial charge in [-0.1, -0.05) is 17.8 Å². The number of anilines is 1. The highest BCUT2D eigenvalue weighted by Crippen LogP contribution is 2.36. The molecule has 1 aliphatic rings. The van der Waals surface area contributed by atoms with E-state index in [0.717, 1.165) is 34.6 Å². The van der Waals surface area contributed by atoms with Crippen molar-refractivity contribution >= 4 is 17.7 Å². The number of hydrogen-bond donors (Lipinski definition) is 1. The summed E-state index contributed by atoms with van der Waals surface area (Å²) in [6.07, 6.45) is 2.93. The minimum atomic E-state index is 0.138. The molecule has 0 unspecified atom stereocenters. The highest BCUT2D eigenvalue weighted by Gasteiger charge is 2.28. The summed E-state index contributed by atoms with van der Waals surface area (Å²) in [5.74, 6) is 2.29. The smallest absolute Gasteiger partial charge is 0.222 e. The van der Waals surface area contributed by atoms with Gasteiger partial charge in [-0.2, -0.15) is 4.98 Å². The van der Waals surface area contributed by atoms with Crippen LogP contribution in [0.2, 0.25) is 0 Å². The van der Waals surface area contributed by atoms with Crippen LogP contribution in [-0.2, 0) is 0 Å². The van der Waals surface area contributed by atoms with Crippen LogP contribution in [0.5, 0.6) is 11.5 Å². The summed E-state index contributed by atoms with van der Waals surface area (Å²) >= 11 is 1.55. The second kappa shape index (κ2) is 6.08. The van der Waals surface area contributed by atoms with Crippen molar-refractivity contribution < 1.29 is 9.47 Å². The summed E-state index contributed by atoms with van der Waals surface area (Å²) in [7, 11) is 3.30. The molecule has 7 heteroatoms. The Morgan fingerprint density at radius 2 is 2.05 bits per heavy atom. The van der Waals surface area contributed by atoms with Crippen LogP contribution < -0.4 is 14.8 Å². The molecule has 0 radical (unpaired) electrons. The highest BCUT2D eigenvalue weighted by molar-refractivity contribution is 7.98. The van der Waals surface area contributed by atoms with Crippen molar-refractivity contribution in [2.45, 2.75) is 30.6 Å². The summed E-state index contributed by atoms with van der Waals surface area (Å²) < 4.78 is 12.7. The fourth-order valence-electron chi connectivity index (χ4n) is 2.76. The molecule has 1 aromatic heterocycles. The van der Waals surface area contributed by atoms with Gasteiger partial charge in [0, 0.05) is 6.04 Å². The van der Waals surface area contributed by atoms with E-state index in [1.165, 1.54) is 0 Å². The van der Waals surface area contributed by atoms with Gasteiger partial charge in [-0.15, -0.1) is 5.10 Å². The molecule has 22 heavy (non-hydrogen) atoms. The predicted octanol–water partition coefficient (Wildman–Crippen LogP) is 2.81. The number of rotatable bonds is 4. The van der Waals surface area contributed by atoms with Crippen molar-refractivity contribution in [3.8, 4) is 11.5 Å². The zero-order valence-corrected chi connectivity index (χ0v) is 14.0. The third kappa shape index (κ3) is 2.61. The van der Waals surface area contributed by atoms with E-state index >= 15 is 0 Å². The van der Waals surface area contributed by atoms with E-state index < -0.39 is 0 Å². The summed E-state index contributed by atoms with van der Waals surface area (Å²) in [6, 6.07) is 6.50. The molecule has 2 heterocycles. The van der Waals surface area contributed by atoms with Gasteiger partial charge in [-0.3, -0.25) is 0 Å². The lowest BCUT2D eigenvalue weighted by Crippen LogP contribution is -2.31. The number of fused-ring (bicyclic) bond motifs is 1. The Morgan fingerprint density at radius 3 is 2.73 bits per heavy atom. The Bertz CT molecular complexity index is 674. The second-order valence-electron chi connectivity index (χ2n) is 5.28. The van der Waals surface area contributed by atoms with Gasteiger partial charge in [0.2, 0.25) is 11.1 Å². The average molecular weight is 320 g/mol. The van der Waals surface area contributed by atoms with Gasteiger partial charge in [0.15, 0.2) is 11.5 Å². The van der Waals surface area contributed by atoms with Crippen LogP contribution in [-0.4, -0.2) is 41.3 Å². The second-order valence-corrected chi connectivity index (χ2v) is 6.05. The molecule has 0 saturated heterocycles. The first kappa shape index (κ1) is 15.0. The van der Waals surface area contributed by atoms with Crippen LogP contribution in [0.15, 0.2) is 23.4 Å². The molecule has 118 valence electrons. The molecule has 1 N–H and O–H groups in total. The number of benzene rings is 1. The number of thioether (sulfide) groups is 1. The van der Waals surface area contributed by atoms with E-state index in [1.54, 1.807) is 26.0 Å². The fourth-order valence-corrected chi connectivity index (χ4v) is 3.10. The first-order valence-corrected chi connectivity index (χ1v) is 8.37. The van der Waals surface area contributed by atoms with Gasteiger partial charge in [0.25, 0.3) is 0 Å². The first-order chi connectivity index (χ1) is 10.7. The number of ether oxygens (including phenoxy) is 2. The fraction of sp³-hybridized carbons (Fsp3) is 0.467. The molecule has 0 aliphatic carbocycles. The lowest BCUT2D eigenvalue weighted by Gasteiger charge is -2.29. The zero-order valence-electron chi connectivity index (χ0n) is 13.2. The first-order valence-electron chi connectivity index (χ1n) is 7.15. The van der Waals surface area contributed by atoms with Crippen LogP contribution in [0.1, 0.15) is 24.9 Å². The molecule has 0 spiro atoms. The number of nitrogens with one attached hydrogen (secondary N) is 1. The van der Waals surface area contributed by atoms with E-state index in [0.29, 0.717) is 6.04 Å². The molecule has 0 amide bonds. The zero-order chi connectivity index (χ0) is 15.7. The van der Waals surface area contributed by atoms with Crippen molar-refractivity contribution in [1.82, 2.24) is 14.8 Å². The van der Waals surface area contributed by atoms with Gasteiger partial charge < -0.3 is 14.8 Å². The van der Waals surface area contributed by atoms with Gasteiger partial charge in [-0.05, 0) is 37.3 Å². The Labute approximate surface area is 134 Å². The topological polar surface area (TPSA) is 61.2 Å². The van der Waals surface area contributed by atoms with Crippen molar-refractivity contribution in [2.24, 2.45) is 0 Å². The molecule has 1 aromatic carbocycles. The van der Waals surface area contributed by atoms with Crippen molar-refractivity contribution in [3.05, 3.63) is 23.8 Å². The highest BCUT2D eigenvalue weighted by atomic mass is 32.2. The predicted molar refractivity (Wildman–Crippen MR) is 87.2 cm³/mol. The number of methoxy groups -OCH3 is 2. The van der Waals surface area contributed by atoms with Crippen LogP contribution in [0.3, 0.4) is 0 Å². The third-order valence-electron chi connectivity index (χ3n) is 3.83. The summed E-state index contributed by atoms with van der Waals surface area (Å²) in [6.45, 7) is 2.16. The SMILES string of the molecule is COc1ccc([C@@H]2C[C@H](C)Nc3nc(SC)nn32)cc1OC. The summed E-state index contributed by atoms with van der Waals surface area (Å²) in [5.41, 5.74) is 1.14. The van der Waals surface area contributed by atoms with Crippen LogP contribution in [0.25, 0.3) is 0 Å². The third-order valence-corrected chi connectivity index (χ3v) is 4.37. The summed E-state index contributed by atoms with van der Waals surface area (Å²) in [5, 5.41) is 8.76. The molecule has 2 aromatic rings. The molecule has 6 nitrogen and oxygen atoms in total. The minimum absolute atomic E-state index is 0.138. The Balaban J connectivity index is 2.03. The van der Waals surface area contributed by atoms with Crippen molar-refractivity contribution in [3.63, 3.8) is 0 Å². The molecule has 3 rings (SSSR count). The van der Waals surface area contributed by atoms with Gasteiger partial charge in [0.1, 0.15) is 0 Å². The monoisotopic (exact) mass is 320 g/mol. The van der Waals surface area contributed by atoms with Crippen LogP contribution in [0.4, 0.5) is 5.95 Å².